The summed E-state index contributed by atoms with van der Waals surface area (Å²) in [4.78, 5) is 27.4. The molecule has 1 amide bonds. The monoisotopic (exact) mass is 471 g/mol. The Morgan fingerprint density at radius 1 is 1.09 bits per heavy atom. The van der Waals surface area contributed by atoms with Gasteiger partial charge in [-0.1, -0.05) is 18.2 Å². The smallest absolute Gasteiger partial charge is 0.274 e. The molecule has 2 aromatic heterocycles. The molecule has 2 aliphatic rings. The van der Waals surface area contributed by atoms with Crippen LogP contribution in [-0.4, -0.2) is 28.1 Å². The van der Waals surface area contributed by atoms with E-state index in [2.05, 4.69) is 47.4 Å². The number of carbonyl (C=O) groups is 1. The molecule has 2 aromatic carbocycles. The van der Waals surface area contributed by atoms with Crippen LogP contribution in [-0.2, 0) is 20.1 Å². The molecule has 6 rings (SSSR count). The van der Waals surface area contributed by atoms with Crippen molar-refractivity contribution < 1.29 is 14.1 Å². The molecule has 0 spiro atoms. The summed E-state index contributed by atoms with van der Waals surface area (Å²) in [5.41, 5.74) is 4.10. The summed E-state index contributed by atoms with van der Waals surface area (Å²) in [6.45, 7) is 3.66. The lowest BCUT2D eigenvalue weighted by atomic mass is 9.83. The van der Waals surface area contributed by atoms with Gasteiger partial charge >= 0.3 is 0 Å². The maximum atomic E-state index is 13.3. The number of para-hydroxylation sites is 1. The summed E-state index contributed by atoms with van der Waals surface area (Å²) < 4.78 is 17.2. The summed E-state index contributed by atoms with van der Waals surface area (Å²) in [5, 5.41) is 4.04. The Kier molecular flexibility index (Phi) is 5.29. The number of nitrogens with one attached hydrogen (secondary N) is 2. The minimum atomic E-state index is -0.413. The first-order chi connectivity index (χ1) is 17.0. The van der Waals surface area contributed by atoms with Gasteiger partial charge in [0, 0.05) is 59.3 Å². The van der Waals surface area contributed by atoms with Crippen molar-refractivity contribution in [1.29, 1.82) is 0 Å². The van der Waals surface area contributed by atoms with Gasteiger partial charge in [-0.25, -0.2) is 4.39 Å². The number of hydrogen-bond acceptors (Lipinski definition) is 2. The van der Waals surface area contributed by atoms with Crippen LogP contribution in [0.15, 0.2) is 71.7 Å². The number of pyridine rings is 1. The molecule has 6 nitrogen and oxygen atoms in total. The van der Waals surface area contributed by atoms with E-state index in [0.717, 1.165) is 31.7 Å². The first-order valence-electron chi connectivity index (χ1n) is 12.1. The molecule has 1 fully saturated rings. The Hall–Kier alpha value is -3.71. The largest absolute Gasteiger partial charge is 0.350 e. The van der Waals surface area contributed by atoms with Crippen LogP contribution in [0.5, 0.6) is 0 Å². The summed E-state index contributed by atoms with van der Waals surface area (Å²) in [5.74, 6) is -0.0723. The SMILES string of the molecule is Cn1cc(C[NH+]2C[C@@H]3C[C@H](C2)c2ccc(NC(=O)c4ccc(F)cc4)c(=O)n2C3)c2ccccc21. The van der Waals surface area contributed by atoms with Crippen molar-refractivity contribution in [3.05, 3.63) is 99.9 Å². The van der Waals surface area contributed by atoms with Gasteiger partial charge in [0.25, 0.3) is 11.5 Å². The van der Waals surface area contributed by atoms with E-state index in [4.69, 9.17) is 0 Å². The average Bonchev–Trinajstić information content (AvgIpc) is 3.17. The molecule has 4 heterocycles. The fraction of sp³-hybridized carbons (Fsp3) is 0.286. The van der Waals surface area contributed by atoms with Gasteiger partial charge in [0.05, 0.1) is 13.1 Å². The highest BCUT2D eigenvalue weighted by Gasteiger charge is 2.37. The van der Waals surface area contributed by atoms with Crippen LogP contribution >= 0.6 is 0 Å². The number of aromatic nitrogens is 2. The predicted octanol–water partition coefficient (Wildman–Crippen LogP) is 2.93. The number of piperidine rings is 1. The number of aryl methyl sites for hydroxylation is 1. The summed E-state index contributed by atoms with van der Waals surface area (Å²) in [6.07, 6.45) is 3.34. The second kappa shape index (κ2) is 8.50. The lowest BCUT2D eigenvalue weighted by molar-refractivity contribution is -0.924. The van der Waals surface area contributed by atoms with E-state index in [1.54, 1.807) is 11.0 Å². The van der Waals surface area contributed by atoms with E-state index < -0.39 is 11.7 Å². The summed E-state index contributed by atoms with van der Waals surface area (Å²) in [6, 6.07) is 17.6. The third kappa shape index (κ3) is 3.96. The van der Waals surface area contributed by atoms with Crippen molar-refractivity contribution in [2.24, 2.45) is 13.0 Å². The van der Waals surface area contributed by atoms with Crippen LogP contribution in [0.2, 0.25) is 0 Å². The van der Waals surface area contributed by atoms with Gasteiger partial charge in [-0.15, -0.1) is 0 Å². The van der Waals surface area contributed by atoms with Crippen molar-refractivity contribution >= 4 is 22.5 Å². The van der Waals surface area contributed by atoms with Crippen molar-refractivity contribution in [1.82, 2.24) is 9.13 Å². The molecule has 178 valence electrons. The zero-order valence-corrected chi connectivity index (χ0v) is 19.6. The predicted molar refractivity (Wildman–Crippen MR) is 133 cm³/mol. The van der Waals surface area contributed by atoms with Crippen LogP contribution in [0.3, 0.4) is 0 Å². The molecule has 7 heteroatoms. The van der Waals surface area contributed by atoms with Crippen LogP contribution in [0, 0.1) is 11.7 Å². The normalized spacial score (nSPS) is 21.0. The van der Waals surface area contributed by atoms with Crippen LogP contribution in [0.25, 0.3) is 10.9 Å². The first-order valence-corrected chi connectivity index (χ1v) is 12.1. The second-order valence-corrected chi connectivity index (χ2v) is 9.96. The number of quaternary nitrogens is 1. The molecule has 1 saturated heterocycles. The van der Waals surface area contributed by atoms with Gasteiger partial charge in [-0.2, -0.15) is 0 Å². The fourth-order valence-corrected chi connectivity index (χ4v) is 6.04. The van der Waals surface area contributed by atoms with Gasteiger partial charge in [0.15, 0.2) is 0 Å². The number of amides is 1. The van der Waals surface area contributed by atoms with Gasteiger partial charge in [0.1, 0.15) is 18.0 Å². The van der Waals surface area contributed by atoms with Crippen LogP contribution in [0.4, 0.5) is 10.1 Å². The van der Waals surface area contributed by atoms with Crippen LogP contribution in [0.1, 0.15) is 34.0 Å². The number of rotatable bonds is 4. The molecule has 0 aliphatic carbocycles. The summed E-state index contributed by atoms with van der Waals surface area (Å²) >= 11 is 0. The van der Waals surface area contributed by atoms with E-state index in [1.807, 2.05) is 10.6 Å². The molecule has 2 aliphatic heterocycles. The third-order valence-corrected chi connectivity index (χ3v) is 7.57. The molecular formula is C28H28FN4O2+. The molecule has 1 unspecified atom stereocenters. The number of benzene rings is 2. The Bertz CT molecular complexity index is 1490. The standard InChI is InChI=1S/C28H27FN4O2/c1-31-15-21(23-4-2-3-5-26(23)31)17-32-13-18-12-20(16-32)25-11-10-24(28(35)33(25)14-18)30-27(34)19-6-8-22(29)9-7-19/h2-11,15,18,20H,12-14,16-17H2,1H3,(H,30,34)/p+1/t18-,20+/m0/s1. The van der Waals surface area contributed by atoms with Crippen molar-refractivity contribution in [3.8, 4) is 0 Å². The fourth-order valence-electron chi connectivity index (χ4n) is 6.04. The number of fused-ring (bicyclic) bond motifs is 5. The highest BCUT2D eigenvalue weighted by Crippen LogP contribution is 2.31. The highest BCUT2D eigenvalue weighted by molar-refractivity contribution is 6.04. The molecule has 2 bridgehead atoms. The molecule has 3 atom stereocenters. The number of hydrogen-bond donors (Lipinski definition) is 2. The van der Waals surface area contributed by atoms with E-state index >= 15 is 0 Å². The lowest BCUT2D eigenvalue weighted by Gasteiger charge is -2.40. The third-order valence-electron chi connectivity index (χ3n) is 7.57. The zero-order chi connectivity index (χ0) is 24.1. The average molecular weight is 472 g/mol. The lowest BCUT2D eigenvalue weighted by Crippen LogP contribution is -3.13. The molecule has 2 N–H and O–H groups in total. The van der Waals surface area contributed by atoms with Gasteiger partial charge in [-0.05, 0) is 48.9 Å². The van der Waals surface area contributed by atoms with E-state index in [-0.39, 0.29) is 11.2 Å². The minimum Gasteiger partial charge on any atom is -0.350 e. The maximum absolute atomic E-state index is 13.3. The molecule has 4 aromatic rings. The number of nitrogens with zero attached hydrogens (tertiary/aromatic N) is 2. The highest BCUT2D eigenvalue weighted by atomic mass is 19.1. The van der Waals surface area contributed by atoms with E-state index in [0.29, 0.717) is 23.9 Å². The van der Waals surface area contributed by atoms with E-state index in [9.17, 15) is 14.0 Å². The van der Waals surface area contributed by atoms with Crippen molar-refractivity contribution in [2.45, 2.75) is 25.4 Å². The first kappa shape index (κ1) is 21.8. The second-order valence-electron chi connectivity index (χ2n) is 9.96. The molecule has 35 heavy (non-hydrogen) atoms. The Balaban J connectivity index is 1.22. The molecule has 0 radical (unpaired) electrons. The van der Waals surface area contributed by atoms with Crippen LogP contribution < -0.4 is 15.8 Å². The zero-order valence-electron chi connectivity index (χ0n) is 19.6. The number of anilines is 1. The minimum absolute atomic E-state index is 0.162. The molecular weight excluding hydrogens is 443 g/mol. The Labute approximate surface area is 202 Å². The number of halogens is 1. The van der Waals surface area contributed by atoms with Crippen molar-refractivity contribution in [2.75, 3.05) is 18.4 Å². The van der Waals surface area contributed by atoms with Gasteiger partial charge in [-0.3, -0.25) is 9.59 Å². The topological polar surface area (TPSA) is 60.5 Å². The van der Waals surface area contributed by atoms with E-state index in [1.165, 1.54) is 40.7 Å². The van der Waals surface area contributed by atoms with Gasteiger partial charge < -0.3 is 19.4 Å². The number of likely N-dealkylation sites (tertiary alicyclic amines) is 1. The Morgan fingerprint density at radius 3 is 2.71 bits per heavy atom. The quantitative estimate of drug-likeness (QED) is 0.481. The van der Waals surface area contributed by atoms with Crippen molar-refractivity contribution in [3.63, 3.8) is 0 Å². The molecule has 0 saturated carbocycles. The number of carbonyl (C=O) groups excluding carboxylic acids is 1. The summed E-state index contributed by atoms with van der Waals surface area (Å²) in [7, 11) is 2.10. The maximum Gasteiger partial charge on any atom is 0.274 e. The van der Waals surface area contributed by atoms with Gasteiger partial charge in [0.2, 0.25) is 0 Å². The Morgan fingerprint density at radius 2 is 1.89 bits per heavy atom.